The molecule has 1 aromatic rings. The highest BCUT2D eigenvalue weighted by Gasteiger charge is 2.33. The standard InChI is InChI=1S/C19H30O4/c1-3-5-12-20-14-18-17(21-13-6-4-2)15-22-19(23-18)16-10-8-7-9-11-16/h7-11,17-19H,3-6,12-15H2,1-2H3/t17-,18-,19-/m1/s1. The fourth-order valence-electron chi connectivity index (χ4n) is 2.49. The summed E-state index contributed by atoms with van der Waals surface area (Å²) in [5.41, 5.74) is 1.04. The van der Waals surface area contributed by atoms with E-state index in [4.69, 9.17) is 18.9 Å². The van der Waals surface area contributed by atoms with Gasteiger partial charge in [0.15, 0.2) is 6.29 Å². The summed E-state index contributed by atoms with van der Waals surface area (Å²) in [6.45, 7) is 6.95. The van der Waals surface area contributed by atoms with Gasteiger partial charge in [-0.3, -0.25) is 0 Å². The zero-order valence-electron chi connectivity index (χ0n) is 14.4. The predicted octanol–water partition coefficient (Wildman–Crippen LogP) is 4.10. The molecule has 1 saturated heterocycles. The second kappa shape index (κ2) is 10.8. The first-order chi connectivity index (χ1) is 11.3. The van der Waals surface area contributed by atoms with Crippen LogP contribution >= 0.6 is 0 Å². The Hall–Kier alpha value is -0.940. The van der Waals surface area contributed by atoms with Gasteiger partial charge < -0.3 is 18.9 Å². The third kappa shape index (κ3) is 6.22. The van der Waals surface area contributed by atoms with Crippen LogP contribution in [0.2, 0.25) is 0 Å². The number of rotatable bonds is 10. The second-order valence-corrected chi connectivity index (χ2v) is 5.94. The van der Waals surface area contributed by atoms with Crippen molar-refractivity contribution >= 4 is 0 Å². The van der Waals surface area contributed by atoms with E-state index < -0.39 is 0 Å². The lowest BCUT2D eigenvalue weighted by atomic mass is 10.1. The normalized spacial score (nSPS) is 24.7. The van der Waals surface area contributed by atoms with Gasteiger partial charge in [0.1, 0.15) is 12.2 Å². The lowest BCUT2D eigenvalue weighted by Gasteiger charge is -2.36. The number of hydrogen-bond donors (Lipinski definition) is 0. The summed E-state index contributed by atoms with van der Waals surface area (Å²) in [5.74, 6) is 0. The Morgan fingerprint density at radius 1 is 1.04 bits per heavy atom. The Kier molecular flexibility index (Phi) is 8.61. The minimum absolute atomic E-state index is 0.0526. The molecule has 130 valence electrons. The third-order valence-corrected chi connectivity index (χ3v) is 3.95. The first-order valence-corrected chi connectivity index (χ1v) is 8.86. The SMILES string of the molecule is CCCCOC[C@H]1O[C@H](c2ccccc2)OC[C@H]1OCCCC. The lowest BCUT2D eigenvalue weighted by Crippen LogP contribution is -2.45. The summed E-state index contributed by atoms with van der Waals surface area (Å²) in [7, 11) is 0. The monoisotopic (exact) mass is 322 g/mol. The van der Waals surface area contributed by atoms with Crippen LogP contribution in [0.15, 0.2) is 30.3 Å². The van der Waals surface area contributed by atoms with Crippen LogP contribution in [0.25, 0.3) is 0 Å². The minimum Gasteiger partial charge on any atom is -0.379 e. The zero-order valence-corrected chi connectivity index (χ0v) is 14.4. The highest BCUT2D eigenvalue weighted by atomic mass is 16.7. The van der Waals surface area contributed by atoms with Gasteiger partial charge in [0.25, 0.3) is 0 Å². The number of unbranched alkanes of at least 4 members (excludes halogenated alkanes) is 2. The Labute approximate surface area is 140 Å². The molecular formula is C19H30O4. The van der Waals surface area contributed by atoms with Crippen LogP contribution in [0.1, 0.15) is 51.4 Å². The molecule has 3 atom stereocenters. The molecule has 4 nitrogen and oxygen atoms in total. The first-order valence-electron chi connectivity index (χ1n) is 8.86. The van der Waals surface area contributed by atoms with Crippen molar-refractivity contribution in [3.8, 4) is 0 Å². The Morgan fingerprint density at radius 3 is 2.52 bits per heavy atom. The Morgan fingerprint density at radius 2 is 1.78 bits per heavy atom. The van der Waals surface area contributed by atoms with Crippen LogP contribution in [0.4, 0.5) is 0 Å². The fraction of sp³-hybridized carbons (Fsp3) is 0.684. The van der Waals surface area contributed by atoms with E-state index in [2.05, 4.69) is 13.8 Å². The highest BCUT2D eigenvalue weighted by molar-refractivity contribution is 5.16. The van der Waals surface area contributed by atoms with Crippen molar-refractivity contribution in [2.24, 2.45) is 0 Å². The molecule has 1 heterocycles. The molecule has 0 N–H and O–H groups in total. The molecule has 4 heteroatoms. The van der Waals surface area contributed by atoms with Crippen LogP contribution in [-0.2, 0) is 18.9 Å². The van der Waals surface area contributed by atoms with E-state index in [0.29, 0.717) is 13.2 Å². The molecule has 0 bridgehead atoms. The van der Waals surface area contributed by atoms with Gasteiger partial charge in [0.05, 0.1) is 13.2 Å². The molecule has 0 radical (unpaired) electrons. The molecule has 23 heavy (non-hydrogen) atoms. The van der Waals surface area contributed by atoms with Crippen molar-refractivity contribution < 1.29 is 18.9 Å². The van der Waals surface area contributed by atoms with Crippen molar-refractivity contribution in [3.63, 3.8) is 0 Å². The van der Waals surface area contributed by atoms with Gasteiger partial charge in [-0.1, -0.05) is 57.0 Å². The molecule has 0 unspecified atom stereocenters. The second-order valence-electron chi connectivity index (χ2n) is 5.94. The molecule has 0 aromatic heterocycles. The molecule has 0 amide bonds. The number of benzene rings is 1. The molecule has 1 aromatic carbocycles. The van der Waals surface area contributed by atoms with E-state index in [0.717, 1.165) is 44.5 Å². The zero-order chi connectivity index (χ0) is 16.3. The summed E-state index contributed by atoms with van der Waals surface area (Å²) in [5, 5.41) is 0. The Balaban J connectivity index is 1.89. The van der Waals surface area contributed by atoms with Crippen LogP contribution < -0.4 is 0 Å². The van der Waals surface area contributed by atoms with E-state index in [9.17, 15) is 0 Å². The summed E-state index contributed by atoms with van der Waals surface area (Å²) in [6, 6.07) is 10.0. The van der Waals surface area contributed by atoms with Gasteiger partial charge >= 0.3 is 0 Å². The molecular weight excluding hydrogens is 292 g/mol. The van der Waals surface area contributed by atoms with Gasteiger partial charge in [-0.05, 0) is 12.8 Å². The first kappa shape index (κ1) is 18.4. The highest BCUT2D eigenvalue weighted by Crippen LogP contribution is 2.28. The average Bonchev–Trinajstić information content (AvgIpc) is 2.60. The summed E-state index contributed by atoms with van der Waals surface area (Å²) >= 11 is 0. The van der Waals surface area contributed by atoms with Crippen LogP contribution in [0, 0.1) is 0 Å². The average molecular weight is 322 g/mol. The molecule has 2 rings (SSSR count). The van der Waals surface area contributed by atoms with Crippen molar-refractivity contribution in [3.05, 3.63) is 35.9 Å². The molecule has 1 aliphatic heterocycles. The Bertz CT molecular complexity index is 409. The third-order valence-electron chi connectivity index (χ3n) is 3.95. The fourth-order valence-corrected chi connectivity index (χ4v) is 2.49. The molecule has 1 aliphatic rings. The van der Waals surface area contributed by atoms with Crippen LogP contribution in [0.5, 0.6) is 0 Å². The maximum atomic E-state index is 6.12. The summed E-state index contributed by atoms with van der Waals surface area (Å²) in [4.78, 5) is 0. The van der Waals surface area contributed by atoms with Gasteiger partial charge in [-0.25, -0.2) is 0 Å². The predicted molar refractivity (Wildman–Crippen MR) is 90.4 cm³/mol. The van der Waals surface area contributed by atoms with Crippen molar-refractivity contribution in [1.82, 2.24) is 0 Å². The molecule has 1 fully saturated rings. The smallest absolute Gasteiger partial charge is 0.184 e. The molecule has 0 aliphatic carbocycles. The van der Waals surface area contributed by atoms with Crippen LogP contribution in [0.3, 0.4) is 0 Å². The van der Waals surface area contributed by atoms with Crippen molar-refractivity contribution in [2.45, 2.75) is 58.0 Å². The minimum atomic E-state index is -0.331. The summed E-state index contributed by atoms with van der Waals surface area (Å²) in [6.07, 6.45) is 3.93. The van der Waals surface area contributed by atoms with E-state index in [1.54, 1.807) is 0 Å². The van der Waals surface area contributed by atoms with Gasteiger partial charge in [0.2, 0.25) is 0 Å². The van der Waals surface area contributed by atoms with Gasteiger partial charge in [-0.15, -0.1) is 0 Å². The number of hydrogen-bond acceptors (Lipinski definition) is 4. The quantitative estimate of drug-likeness (QED) is 0.608. The van der Waals surface area contributed by atoms with E-state index in [1.165, 1.54) is 0 Å². The summed E-state index contributed by atoms with van der Waals surface area (Å²) < 4.78 is 23.7. The van der Waals surface area contributed by atoms with Crippen molar-refractivity contribution in [2.75, 3.05) is 26.4 Å². The molecule has 0 spiro atoms. The van der Waals surface area contributed by atoms with E-state index in [-0.39, 0.29) is 18.5 Å². The largest absolute Gasteiger partial charge is 0.379 e. The lowest BCUT2D eigenvalue weighted by molar-refractivity contribution is -0.274. The topological polar surface area (TPSA) is 36.9 Å². The van der Waals surface area contributed by atoms with Gasteiger partial charge in [0, 0.05) is 18.8 Å². The van der Waals surface area contributed by atoms with E-state index >= 15 is 0 Å². The maximum Gasteiger partial charge on any atom is 0.184 e. The number of ether oxygens (including phenoxy) is 4. The van der Waals surface area contributed by atoms with Crippen molar-refractivity contribution in [1.29, 1.82) is 0 Å². The van der Waals surface area contributed by atoms with Crippen LogP contribution in [-0.4, -0.2) is 38.6 Å². The van der Waals surface area contributed by atoms with Gasteiger partial charge in [-0.2, -0.15) is 0 Å². The maximum absolute atomic E-state index is 6.12. The molecule has 0 saturated carbocycles. The van der Waals surface area contributed by atoms with E-state index in [1.807, 2.05) is 30.3 Å².